The Morgan fingerprint density at radius 1 is 0.926 bits per heavy atom. The number of nitrogens with zero attached hydrogens (tertiary/aromatic N) is 1. The molecule has 54 heavy (non-hydrogen) atoms. The molecule has 294 valence electrons. The number of aromatic nitrogens is 1. The molecule has 0 saturated heterocycles. The Bertz CT molecular complexity index is 1910. The molecule has 1 heterocycles. The molecule has 8 heteroatoms. The molecule has 0 unspecified atom stereocenters. The van der Waals surface area contributed by atoms with Gasteiger partial charge in [0.25, 0.3) is 0 Å². The van der Waals surface area contributed by atoms with E-state index < -0.39 is 22.8 Å². The van der Waals surface area contributed by atoms with Gasteiger partial charge >= 0.3 is 11.9 Å². The maximum absolute atomic E-state index is 14.8. The van der Waals surface area contributed by atoms with E-state index in [1.165, 1.54) is 5.57 Å². The Balaban J connectivity index is 0.00000497. The third-order valence-corrected chi connectivity index (χ3v) is 16.4. The number of hydrogen-bond donors (Lipinski definition) is 1. The van der Waals surface area contributed by atoms with Crippen LogP contribution in [0.1, 0.15) is 132 Å². The van der Waals surface area contributed by atoms with Crippen LogP contribution in [0.15, 0.2) is 47.7 Å². The van der Waals surface area contributed by atoms with Crippen molar-refractivity contribution < 1.29 is 29.0 Å². The number of hydrogen-bond acceptors (Lipinski definition) is 6. The molecule has 8 atom stereocenters. The summed E-state index contributed by atoms with van der Waals surface area (Å²) in [6.45, 7) is 19.5. The first kappa shape index (κ1) is 40.6. The highest BCUT2D eigenvalue weighted by Gasteiger charge is 2.71. The van der Waals surface area contributed by atoms with Gasteiger partial charge in [0.05, 0.1) is 22.8 Å². The van der Waals surface area contributed by atoms with Crippen LogP contribution in [0, 0.1) is 56.2 Å². The molecule has 1 aromatic heterocycles. The fourth-order valence-electron chi connectivity index (χ4n) is 13.4. The van der Waals surface area contributed by atoms with Crippen molar-refractivity contribution in [1.82, 2.24) is 4.98 Å². The number of allylic oxidation sites excluding steroid dienone is 2. The molecule has 7 nitrogen and oxygen atoms in total. The van der Waals surface area contributed by atoms with Gasteiger partial charge in [-0.05, 0) is 134 Å². The lowest BCUT2D eigenvalue weighted by molar-refractivity contribution is -0.233. The van der Waals surface area contributed by atoms with E-state index >= 15 is 0 Å². The van der Waals surface area contributed by atoms with Crippen LogP contribution in [-0.4, -0.2) is 39.7 Å². The highest BCUT2D eigenvalue weighted by Crippen LogP contribution is 2.77. The first-order chi connectivity index (χ1) is 24.7. The Kier molecular flexibility index (Phi) is 10.2. The third-order valence-electron chi connectivity index (χ3n) is 16.4. The van der Waals surface area contributed by atoms with Gasteiger partial charge in [0.15, 0.2) is 5.78 Å². The molecule has 1 aromatic carbocycles. The lowest BCUT2D eigenvalue weighted by atomic mass is 9.33. The highest BCUT2D eigenvalue weighted by molar-refractivity contribution is 6.07. The third kappa shape index (κ3) is 5.91. The minimum absolute atomic E-state index is 0. The summed E-state index contributed by atoms with van der Waals surface area (Å²) in [4.78, 5) is 58.4. The molecule has 0 aliphatic heterocycles. The number of carbonyl (C=O) groups excluding carboxylic acids is 3. The van der Waals surface area contributed by atoms with Crippen LogP contribution in [0.4, 0.5) is 0 Å². The van der Waals surface area contributed by atoms with Crippen molar-refractivity contribution in [1.29, 1.82) is 0 Å². The number of carboxylic acids is 1. The number of esters is 1. The number of ether oxygens (including phenoxy) is 1. The van der Waals surface area contributed by atoms with Crippen LogP contribution in [0.2, 0.25) is 0 Å². The number of para-hydroxylation sites is 1. The van der Waals surface area contributed by atoms with E-state index in [9.17, 15) is 24.3 Å². The lowest BCUT2D eigenvalue weighted by Crippen LogP contribution is -2.66. The Hall–Kier alpha value is -3.06. The first-order valence-electron chi connectivity index (χ1n) is 20.3. The van der Waals surface area contributed by atoms with Crippen molar-refractivity contribution in [2.45, 2.75) is 139 Å². The van der Waals surface area contributed by atoms with Gasteiger partial charge in [-0.2, -0.15) is 0 Å². The summed E-state index contributed by atoms with van der Waals surface area (Å²) in [6, 6.07) is 10.1. The van der Waals surface area contributed by atoms with Crippen LogP contribution in [0.25, 0.3) is 10.9 Å². The minimum Gasteiger partial charge on any atom is -0.481 e. The first-order valence-corrected chi connectivity index (χ1v) is 20.3. The minimum atomic E-state index is -1.17. The molecular formula is C46H62ClNO6. The van der Waals surface area contributed by atoms with Gasteiger partial charge in [-0.15, -0.1) is 12.4 Å². The van der Waals surface area contributed by atoms with Gasteiger partial charge in [0.1, 0.15) is 11.9 Å². The second-order valence-corrected chi connectivity index (χ2v) is 20.1. The maximum Gasteiger partial charge on any atom is 0.309 e. The average molecular weight is 760 g/mol. The van der Waals surface area contributed by atoms with E-state index in [0.717, 1.165) is 73.4 Å². The van der Waals surface area contributed by atoms with Gasteiger partial charge in [0.2, 0.25) is 0 Å². The Morgan fingerprint density at radius 3 is 2.31 bits per heavy atom. The molecule has 7 rings (SSSR count). The molecule has 1 N–H and O–H groups in total. The molecule has 5 aliphatic rings. The maximum atomic E-state index is 14.8. The van der Waals surface area contributed by atoms with E-state index in [-0.39, 0.29) is 76.4 Å². The van der Waals surface area contributed by atoms with Crippen LogP contribution in [0.3, 0.4) is 0 Å². The topological polar surface area (TPSA) is 111 Å². The monoisotopic (exact) mass is 759 g/mol. The molecule has 0 spiro atoms. The summed E-state index contributed by atoms with van der Waals surface area (Å²) >= 11 is 0. The molecule has 4 fully saturated rings. The summed E-state index contributed by atoms with van der Waals surface area (Å²) < 4.78 is 6.17. The summed E-state index contributed by atoms with van der Waals surface area (Å²) in [7, 11) is 0. The SMILES string of the molecule is CC(C)C1=C2[C@H]3CC[C@@H]4[C@@]5(C)CC[C@H](OC(=O)CC(C)(C)C(=O)O)C(C)(C)[C@@H]5CC[C@@]4(C)[C@]3(C)CC[C@@]2(C(=O)Cc2cnc3ccccc3c2)CC1=O.Cl. The smallest absolute Gasteiger partial charge is 0.309 e. The summed E-state index contributed by atoms with van der Waals surface area (Å²) in [5, 5.41) is 10.6. The van der Waals surface area contributed by atoms with E-state index in [4.69, 9.17) is 4.74 Å². The zero-order chi connectivity index (χ0) is 38.5. The summed E-state index contributed by atoms with van der Waals surface area (Å²) in [5.41, 5.74) is 1.79. The standard InChI is InChI=1S/C46H61NO6.ClH/c1-27(2)38-32(48)24-46(35(49)23-28-22-29-12-10-11-13-31(29)47-26-28)21-20-44(8)30(39(38)46)14-15-34-43(7)18-17-36(53-37(50)25-41(3,4)40(51)52)42(5,6)33(43)16-19-45(34,44)9;/h10-13,22,26-27,30,33-34,36H,14-21,23-25H2,1-9H3,(H,51,52);1H/t30-,33+,34-,36+,43+,44-,45-,46+;/m1./s1. The van der Waals surface area contributed by atoms with Crippen LogP contribution >= 0.6 is 12.4 Å². The van der Waals surface area contributed by atoms with E-state index in [1.54, 1.807) is 13.8 Å². The van der Waals surface area contributed by atoms with Crippen LogP contribution in [-0.2, 0) is 30.3 Å². The van der Waals surface area contributed by atoms with Gasteiger partial charge in [-0.1, -0.05) is 66.7 Å². The fourth-order valence-corrected chi connectivity index (χ4v) is 13.4. The van der Waals surface area contributed by atoms with Crippen molar-refractivity contribution in [2.24, 2.45) is 56.2 Å². The number of fused-ring (bicyclic) bond motifs is 8. The number of carboxylic acid groups (broad SMARTS) is 1. The summed E-state index contributed by atoms with van der Waals surface area (Å²) in [5.74, 6) is -0.00261. The van der Waals surface area contributed by atoms with Crippen LogP contribution < -0.4 is 0 Å². The lowest BCUT2D eigenvalue weighted by Gasteiger charge is -2.72. The fraction of sp³-hybridized carbons (Fsp3) is 0.674. The summed E-state index contributed by atoms with van der Waals surface area (Å²) in [6.07, 6.45) is 9.54. The average Bonchev–Trinajstić information content (AvgIpc) is 3.39. The highest BCUT2D eigenvalue weighted by atomic mass is 35.5. The largest absolute Gasteiger partial charge is 0.481 e. The van der Waals surface area contributed by atoms with E-state index in [0.29, 0.717) is 18.3 Å². The molecule has 2 aromatic rings. The number of benzene rings is 1. The van der Waals surface area contributed by atoms with Crippen molar-refractivity contribution in [3.05, 3.63) is 53.2 Å². The van der Waals surface area contributed by atoms with Gasteiger partial charge in [-0.3, -0.25) is 24.2 Å². The molecule has 5 aliphatic carbocycles. The van der Waals surface area contributed by atoms with Crippen molar-refractivity contribution in [3.8, 4) is 0 Å². The van der Waals surface area contributed by atoms with E-state index in [1.807, 2.05) is 30.5 Å². The normalized spacial score (nSPS) is 35.7. The van der Waals surface area contributed by atoms with Gasteiger partial charge in [0, 0.05) is 29.8 Å². The predicted octanol–water partition coefficient (Wildman–Crippen LogP) is 10.2. The molecule has 0 radical (unpaired) electrons. The quantitative estimate of drug-likeness (QED) is 0.267. The van der Waals surface area contributed by atoms with Gasteiger partial charge < -0.3 is 9.84 Å². The van der Waals surface area contributed by atoms with Crippen LogP contribution in [0.5, 0.6) is 0 Å². The Morgan fingerprint density at radius 2 is 1.63 bits per heavy atom. The van der Waals surface area contributed by atoms with Gasteiger partial charge in [-0.25, -0.2) is 0 Å². The Labute approximate surface area is 328 Å². The predicted molar refractivity (Wildman–Crippen MR) is 213 cm³/mol. The number of aliphatic carboxylic acids is 1. The van der Waals surface area contributed by atoms with Crippen molar-refractivity contribution in [3.63, 3.8) is 0 Å². The zero-order valence-electron chi connectivity index (χ0n) is 34.0. The zero-order valence-corrected chi connectivity index (χ0v) is 34.8. The molecular weight excluding hydrogens is 698 g/mol. The molecule has 4 saturated carbocycles. The number of rotatable bonds is 8. The number of Topliss-reactive ketones (excluding diaryl/α,β-unsaturated/α-hetero) is 2. The second kappa shape index (κ2) is 13.6. The van der Waals surface area contributed by atoms with E-state index in [2.05, 4.69) is 59.5 Å². The second-order valence-electron chi connectivity index (χ2n) is 20.1. The number of pyridine rings is 1. The number of halogens is 1. The number of ketones is 2. The van der Waals surface area contributed by atoms with Crippen molar-refractivity contribution in [2.75, 3.05) is 0 Å². The van der Waals surface area contributed by atoms with Crippen molar-refractivity contribution >= 4 is 46.8 Å². The number of carbonyl (C=O) groups is 4. The molecule has 0 bridgehead atoms. The molecule has 0 amide bonds.